The van der Waals surface area contributed by atoms with Gasteiger partial charge in [0.15, 0.2) is 5.82 Å². The molecule has 7 heteroatoms. The fourth-order valence-electron chi connectivity index (χ4n) is 3.41. The summed E-state index contributed by atoms with van der Waals surface area (Å²) in [5.74, 6) is 2.32. The van der Waals surface area contributed by atoms with Crippen molar-refractivity contribution in [2.24, 2.45) is 0 Å². The zero-order valence-electron chi connectivity index (χ0n) is 14.4. The van der Waals surface area contributed by atoms with Crippen LogP contribution in [-0.4, -0.2) is 42.6 Å². The third-order valence-electron chi connectivity index (χ3n) is 4.85. The van der Waals surface area contributed by atoms with Gasteiger partial charge >= 0.3 is 0 Å². The summed E-state index contributed by atoms with van der Waals surface area (Å²) < 4.78 is 1.57. The lowest BCUT2D eigenvalue weighted by atomic mass is 9.96. The molecule has 3 aromatic rings. The predicted octanol–water partition coefficient (Wildman–Crippen LogP) is 1.75. The lowest BCUT2D eigenvalue weighted by molar-refractivity contribution is 0.200. The minimum atomic E-state index is -0.0247. The van der Waals surface area contributed by atoms with Crippen molar-refractivity contribution in [1.29, 1.82) is 0 Å². The summed E-state index contributed by atoms with van der Waals surface area (Å²) in [6.45, 7) is 4.72. The topological polar surface area (TPSA) is 79.2 Å². The number of likely N-dealkylation sites (tertiary alicyclic amines) is 1. The molecule has 4 rings (SSSR count). The zero-order valence-corrected chi connectivity index (χ0v) is 14.4. The van der Waals surface area contributed by atoms with Crippen LogP contribution in [0.1, 0.15) is 43.0 Å². The monoisotopic (exact) mass is 338 g/mol. The zero-order chi connectivity index (χ0) is 17.2. The molecule has 0 aromatic carbocycles. The first-order valence-corrected chi connectivity index (χ1v) is 8.84. The number of piperidine rings is 1. The van der Waals surface area contributed by atoms with Crippen molar-refractivity contribution in [1.82, 2.24) is 29.5 Å². The normalized spacial score (nSPS) is 16.5. The second-order valence-corrected chi connectivity index (χ2v) is 6.56. The maximum atomic E-state index is 12.2. The molecular weight excluding hydrogens is 316 g/mol. The number of H-pyrrole nitrogens is 1. The summed E-state index contributed by atoms with van der Waals surface area (Å²) in [4.78, 5) is 23.7. The minimum Gasteiger partial charge on any atom is -0.297 e. The summed E-state index contributed by atoms with van der Waals surface area (Å²) in [5, 5.41) is 7.36. The van der Waals surface area contributed by atoms with Gasteiger partial charge in [-0.25, -0.2) is 9.97 Å². The van der Waals surface area contributed by atoms with E-state index in [9.17, 15) is 4.79 Å². The van der Waals surface area contributed by atoms with Gasteiger partial charge in [-0.15, -0.1) is 0 Å². The molecule has 7 nitrogen and oxygen atoms in total. The highest BCUT2D eigenvalue weighted by Gasteiger charge is 2.24. The number of aromatic nitrogens is 5. The van der Waals surface area contributed by atoms with E-state index in [-0.39, 0.29) is 5.56 Å². The molecule has 130 valence electrons. The standard InChI is InChI=1S/C18H22N6O/c1-2-15-20-18(22-21-15)13-6-9-23(10-7-13)12-14-11-17(25)24-8-4-3-5-16(24)19-14/h3-5,8,11,13H,2,6-7,9-10,12H2,1H3,(H,20,21,22). The first-order chi connectivity index (χ1) is 12.2. The van der Waals surface area contributed by atoms with Crippen molar-refractivity contribution in [3.8, 4) is 0 Å². The Labute approximate surface area is 145 Å². The van der Waals surface area contributed by atoms with Crippen molar-refractivity contribution in [2.75, 3.05) is 13.1 Å². The highest BCUT2D eigenvalue weighted by Crippen LogP contribution is 2.26. The fourth-order valence-corrected chi connectivity index (χ4v) is 3.41. The van der Waals surface area contributed by atoms with Crippen LogP contribution in [0.25, 0.3) is 5.65 Å². The average Bonchev–Trinajstić information content (AvgIpc) is 3.12. The number of fused-ring (bicyclic) bond motifs is 1. The van der Waals surface area contributed by atoms with Crippen LogP contribution < -0.4 is 5.56 Å². The van der Waals surface area contributed by atoms with Crippen molar-refractivity contribution >= 4 is 5.65 Å². The van der Waals surface area contributed by atoms with E-state index in [0.717, 1.165) is 49.7 Å². The van der Waals surface area contributed by atoms with Crippen LogP contribution in [-0.2, 0) is 13.0 Å². The smallest absolute Gasteiger partial charge is 0.258 e. The van der Waals surface area contributed by atoms with E-state index >= 15 is 0 Å². The second kappa shape index (κ2) is 6.76. The van der Waals surface area contributed by atoms with E-state index in [1.807, 2.05) is 18.2 Å². The number of rotatable bonds is 4. The maximum Gasteiger partial charge on any atom is 0.258 e. The molecule has 1 aliphatic heterocycles. The van der Waals surface area contributed by atoms with Gasteiger partial charge in [-0.3, -0.25) is 19.2 Å². The van der Waals surface area contributed by atoms with Gasteiger partial charge in [0.2, 0.25) is 0 Å². The number of aromatic amines is 1. The Morgan fingerprint density at radius 2 is 2.08 bits per heavy atom. The van der Waals surface area contributed by atoms with Crippen LogP contribution in [0.4, 0.5) is 0 Å². The van der Waals surface area contributed by atoms with Crippen LogP contribution >= 0.6 is 0 Å². The van der Waals surface area contributed by atoms with E-state index < -0.39 is 0 Å². The van der Waals surface area contributed by atoms with E-state index in [1.54, 1.807) is 16.7 Å². The molecule has 0 aliphatic carbocycles. The lowest BCUT2D eigenvalue weighted by Gasteiger charge is -2.30. The molecule has 4 heterocycles. The molecule has 1 fully saturated rings. The molecule has 1 saturated heterocycles. The van der Waals surface area contributed by atoms with Gasteiger partial charge < -0.3 is 0 Å². The highest BCUT2D eigenvalue weighted by atomic mass is 16.1. The molecule has 0 bridgehead atoms. The molecule has 1 N–H and O–H groups in total. The molecule has 0 spiro atoms. The quantitative estimate of drug-likeness (QED) is 0.784. The van der Waals surface area contributed by atoms with Crippen LogP contribution in [0.2, 0.25) is 0 Å². The third-order valence-corrected chi connectivity index (χ3v) is 4.85. The molecule has 0 amide bonds. The summed E-state index contributed by atoms with van der Waals surface area (Å²) in [6, 6.07) is 7.25. The Morgan fingerprint density at radius 3 is 2.84 bits per heavy atom. The Morgan fingerprint density at radius 1 is 1.24 bits per heavy atom. The van der Waals surface area contributed by atoms with E-state index in [1.165, 1.54) is 0 Å². The van der Waals surface area contributed by atoms with Crippen molar-refractivity contribution in [2.45, 2.75) is 38.6 Å². The number of pyridine rings is 1. The molecule has 0 atom stereocenters. The van der Waals surface area contributed by atoms with Gasteiger partial charge in [-0.2, -0.15) is 5.10 Å². The minimum absolute atomic E-state index is 0.0247. The number of hydrogen-bond acceptors (Lipinski definition) is 5. The van der Waals surface area contributed by atoms with E-state index in [0.29, 0.717) is 18.1 Å². The van der Waals surface area contributed by atoms with E-state index in [4.69, 9.17) is 0 Å². The number of hydrogen-bond donors (Lipinski definition) is 1. The molecular formula is C18H22N6O. The summed E-state index contributed by atoms with van der Waals surface area (Å²) >= 11 is 0. The summed E-state index contributed by atoms with van der Waals surface area (Å²) in [7, 11) is 0. The van der Waals surface area contributed by atoms with Gasteiger partial charge in [-0.05, 0) is 38.1 Å². The molecule has 0 radical (unpaired) electrons. The Kier molecular flexibility index (Phi) is 4.31. The van der Waals surface area contributed by atoms with Crippen LogP contribution in [0.5, 0.6) is 0 Å². The van der Waals surface area contributed by atoms with Gasteiger partial charge in [0.05, 0.1) is 5.69 Å². The molecule has 3 aromatic heterocycles. The average molecular weight is 338 g/mol. The number of nitrogens with one attached hydrogen (secondary N) is 1. The maximum absolute atomic E-state index is 12.2. The Balaban J connectivity index is 1.42. The third kappa shape index (κ3) is 3.32. The van der Waals surface area contributed by atoms with Crippen molar-refractivity contribution in [3.63, 3.8) is 0 Å². The first-order valence-electron chi connectivity index (χ1n) is 8.84. The number of aryl methyl sites for hydroxylation is 1. The van der Waals surface area contributed by atoms with Gasteiger partial charge in [0.25, 0.3) is 5.56 Å². The largest absolute Gasteiger partial charge is 0.297 e. The van der Waals surface area contributed by atoms with Crippen molar-refractivity contribution in [3.05, 3.63) is 58.2 Å². The Hall–Kier alpha value is -2.54. The predicted molar refractivity (Wildman–Crippen MR) is 94.5 cm³/mol. The first kappa shape index (κ1) is 16.0. The summed E-state index contributed by atoms with van der Waals surface area (Å²) in [6.07, 6.45) is 4.71. The molecule has 25 heavy (non-hydrogen) atoms. The molecule has 1 aliphatic rings. The lowest BCUT2D eigenvalue weighted by Crippen LogP contribution is -2.33. The molecule has 0 saturated carbocycles. The second-order valence-electron chi connectivity index (χ2n) is 6.56. The number of nitrogens with zero attached hydrogens (tertiary/aromatic N) is 5. The van der Waals surface area contributed by atoms with Gasteiger partial charge in [-0.1, -0.05) is 13.0 Å². The fraction of sp³-hybridized carbons (Fsp3) is 0.444. The molecule has 0 unspecified atom stereocenters. The van der Waals surface area contributed by atoms with Crippen molar-refractivity contribution < 1.29 is 0 Å². The van der Waals surface area contributed by atoms with Crippen LogP contribution in [0.3, 0.4) is 0 Å². The van der Waals surface area contributed by atoms with Crippen LogP contribution in [0, 0.1) is 0 Å². The highest BCUT2D eigenvalue weighted by molar-refractivity contribution is 5.37. The van der Waals surface area contributed by atoms with Crippen LogP contribution in [0.15, 0.2) is 35.3 Å². The Bertz CT molecular complexity index is 922. The van der Waals surface area contributed by atoms with Gasteiger partial charge in [0.1, 0.15) is 11.5 Å². The van der Waals surface area contributed by atoms with E-state index in [2.05, 4.69) is 32.0 Å². The van der Waals surface area contributed by atoms with Gasteiger partial charge in [0, 0.05) is 31.1 Å². The summed E-state index contributed by atoms with van der Waals surface area (Å²) in [5.41, 5.74) is 1.51. The SMILES string of the molecule is CCc1nc(C2CCN(Cc3cc(=O)n4ccccc4n3)CC2)n[nH]1.